The van der Waals surface area contributed by atoms with Crippen LogP contribution in [0, 0.1) is 12.8 Å². The number of hydrogen-bond acceptors (Lipinski definition) is 3. The van der Waals surface area contributed by atoms with Crippen molar-refractivity contribution in [3.63, 3.8) is 0 Å². The van der Waals surface area contributed by atoms with E-state index in [9.17, 15) is 19.5 Å². The molecule has 0 bridgehead atoms. The monoisotopic (exact) mass is 380 g/mol. The molecule has 3 N–H and O–H groups in total. The Bertz CT molecular complexity index is 871. The van der Waals surface area contributed by atoms with Crippen molar-refractivity contribution in [1.29, 1.82) is 0 Å². The van der Waals surface area contributed by atoms with Gasteiger partial charge in [0.15, 0.2) is 0 Å². The summed E-state index contributed by atoms with van der Waals surface area (Å²) in [5.74, 6) is -2.56. The molecule has 0 unspecified atom stereocenters. The number of carboxylic acid groups (broad SMARTS) is 1. The average Bonchev–Trinajstić information content (AvgIpc) is 2.66. The highest BCUT2D eigenvalue weighted by molar-refractivity contribution is 6.06. The van der Waals surface area contributed by atoms with Crippen molar-refractivity contribution in [2.45, 2.75) is 26.8 Å². The number of carboxylic acids is 1. The van der Waals surface area contributed by atoms with Crippen molar-refractivity contribution in [3.05, 3.63) is 77.0 Å². The van der Waals surface area contributed by atoms with E-state index < -0.39 is 23.8 Å². The van der Waals surface area contributed by atoms with Gasteiger partial charge in [-0.05, 0) is 36.6 Å². The smallest absolute Gasteiger partial charge is 0.326 e. The van der Waals surface area contributed by atoms with Crippen molar-refractivity contribution in [2.75, 3.05) is 0 Å². The second-order valence-corrected chi connectivity index (χ2v) is 6.82. The summed E-state index contributed by atoms with van der Waals surface area (Å²) in [4.78, 5) is 36.7. The van der Waals surface area contributed by atoms with Gasteiger partial charge in [-0.25, -0.2) is 4.79 Å². The fourth-order valence-corrected chi connectivity index (χ4v) is 2.51. The Morgan fingerprint density at radius 1 is 0.964 bits per heavy atom. The summed E-state index contributed by atoms with van der Waals surface area (Å²) in [7, 11) is 0. The molecule has 2 amide bonds. The van der Waals surface area contributed by atoms with Crippen molar-refractivity contribution < 1.29 is 19.5 Å². The normalized spacial score (nSPS) is 12.4. The highest BCUT2D eigenvalue weighted by atomic mass is 16.4. The van der Waals surface area contributed by atoms with Gasteiger partial charge in [-0.15, -0.1) is 0 Å². The van der Waals surface area contributed by atoms with Crippen LogP contribution in [0.3, 0.4) is 0 Å². The van der Waals surface area contributed by atoms with Crippen molar-refractivity contribution >= 4 is 23.9 Å². The number of nitrogens with one attached hydrogen (secondary N) is 2. The third kappa shape index (κ3) is 5.81. The molecule has 6 nitrogen and oxygen atoms in total. The molecule has 6 heteroatoms. The summed E-state index contributed by atoms with van der Waals surface area (Å²) < 4.78 is 0. The zero-order valence-electron chi connectivity index (χ0n) is 16.1. The van der Waals surface area contributed by atoms with E-state index in [2.05, 4.69) is 10.6 Å². The molecule has 0 spiro atoms. The van der Waals surface area contributed by atoms with E-state index in [1.54, 1.807) is 62.4 Å². The Balaban J connectivity index is 2.30. The summed E-state index contributed by atoms with van der Waals surface area (Å²) >= 11 is 0. The fourth-order valence-electron chi connectivity index (χ4n) is 2.51. The standard InChI is InChI=1S/C22H24N2O4/c1-14(2)19(22(27)28)24-21(26)18(13-16-7-5-4-6-8-16)23-20(25)17-11-9-15(3)10-12-17/h4-14,19H,1-3H3,(H,23,25)(H,24,26)(H,27,28)/b18-13+/t19-/m0/s1. The molecule has 2 rings (SSSR count). The Hall–Kier alpha value is -3.41. The molecule has 0 heterocycles. The number of hydrogen-bond donors (Lipinski definition) is 3. The number of benzene rings is 2. The van der Waals surface area contributed by atoms with Crippen LogP contribution in [0.5, 0.6) is 0 Å². The third-order valence-corrected chi connectivity index (χ3v) is 4.14. The zero-order valence-corrected chi connectivity index (χ0v) is 16.1. The molecule has 0 saturated heterocycles. The molecule has 0 aromatic heterocycles. The summed E-state index contributed by atoms with van der Waals surface area (Å²) in [6.07, 6.45) is 1.51. The van der Waals surface area contributed by atoms with E-state index in [4.69, 9.17) is 0 Å². The average molecular weight is 380 g/mol. The lowest BCUT2D eigenvalue weighted by Gasteiger charge is -2.19. The molecule has 0 aliphatic carbocycles. The van der Waals surface area contributed by atoms with Gasteiger partial charge in [0, 0.05) is 5.56 Å². The summed E-state index contributed by atoms with van der Waals surface area (Å²) in [5.41, 5.74) is 2.09. The number of aliphatic carboxylic acids is 1. The van der Waals surface area contributed by atoms with Crippen LogP contribution in [0.25, 0.3) is 6.08 Å². The minimum Gasteiger partial charge on any atom is -0.480 e. The van der Waals surface area contributed by atoms with E-state index in [0.717, 1.165) is 5.56 Å². The first-order valence-corrected chi connectivity index (χ1v) is 8.96. The first-order valence-electron chi connectivity index (χ1n) is 8.96. The highest BCUT2D eigenvalue weighted by Gasteiger charge is 2.25. The minimum absolute atomic E-state index is 0.0244. The molecular formula is C22H24N2O4. The van der Waals surface area contributed by atoms with Crippen molar-refractivity contribution in [3.8, 4) is 0 Å². The van der Waals surface area contributed by atoms with Gasteiger partial charge in [-0.1, -0.05) is 61.9 Å². The molecule has 28 heavy (non-hydrogen) atoms. The Labute approximate surface area is 164 Å². The molecule has 0 radical (unpaired) electrons. The number of rotatable bonds is 7. The predicted molar refractivity (Wildman–Crippen MR) is 107 cm³/mol. The van der Waals surface area contributed by atoms with E-state index >= 15 is 0 Å². The molecule has 2 aromatic carbocycles. The van der Waals surface area contributed by atoms with Crippen molar-refractivity contribution in [1.82, 2.24) is 10.6 Å². The lowest BCUT2D eigenvalue weighted by atomic mass is 10.0. The van der Waals surface area contributed by atoms with Gasteiger partial charge in [0.2, 0.25) is 0 Å². The number of carbonyl (C=O) groups excluding carboxylic acids is 2. The Morgan fingerprint density at radius 2 is 1.57 bits per heavy atom. The topological polar surface area (TPSA) is 95.5 Å². The molecule has 0 aliphatic heterocycles. The van der Waals surface area contributed by atoms with Crippen LogP contribution >= 0.6 is 0 Å². The zero-order chi connectivity index (χ0) is 20.7. The number of aryl methyl sites for hydroxylation is 1. The van der Waals surface area contributed by atoms with Crippen LogP contribution < -0.4 is 10.6 Å². The fraction of sp³-hybridized carbons (Fsp3) is 0.227. The molecule has 0 aliphatic rings. The Kier molecular flexibility index (Phi) is 7.09. The van der Waals surface area contributed by atoms with Crippen LogP contribution in [0.1, 0.15) is 35.3 Å². The Morgan fingerprint density at radius 3 is 2.11 bits per heavy atom. The number of amides is 2. The lowest BCUT2D eigenvalue weighted by molar-refractivity contribution is -0.142. The maximum Gasteiger partial charge on any atom is 0.326 e. The maximum atomic E-state index is 12.7. The summed E-state index contributed by atoms with van der Waals surface area (Å²) in [5, 5.41) is 14.4. The second kappa shape index (κ2) is 9.50. The molecule has 0 saturated carbocycles. The molecule has 2 aromatic rings. The van der Waals surface area contributed by atoms with Crippen LogP contribution in [0.15, 0.2) is 60.3 Å². The van der Waals surface area contributed by atoms with Gasteiger partial charge in [-0.2, -0.15) is 0 Å². The largest absolute Gasteiger partial charge is 0.480 e. The van der Waals surface area contributed by atoms with Gasteiger partial charge in [0.1, 0.15) is 11.7 Å². The minimum atomic E-state index is -1.13. The second-order valence-electron chi connectivity index (χ2n) is 6.82. The highest BCUT2D eigenvalue weighted by Crippen LogP contribution is 2.10. The van der Waals surface area contributed by atoms with E-state index in [0.29, 0.717) is 11.1 Å². The summed E-state index contributed by atoms with van der Waals surface area (Å²) in [6, 6.07) is 14.9. The van der Waals surface area contributed by atoms with E-state index in [1.165, 1.54) is 6.08 Å². The lowest BCUT2D eigenvalue weighted by Crippen LogP contribution is -2.47. The first-order chi connectivity index (χ1) is 13.3. The number of carbonyl (C=O) groups is 3. The predicted octanol–water partition coefficient (Wildman–Crippen LogP) is 2.99. The molecule has 146 valence electrons. The molecular weight excluding hydrogens is 356 g/mol. The van der Waals surface area contributed by atoms with E-state index in [1.807, 2.05) is 13.0 Å². The van der Waals surface area contributed by atoms with E-state index in [-0.39, 0.29) is 11.6 Å². The maximum absolute atomic E-state index is 12.7. The van der Waals surface area contributed by atoms with Gasteiger partial charge in [0.05, 0.1) is 0 Å². The van der Waals surface area contributed by atoms with Gasteiger partial charge in [0.25, 0.3) is 11.8 Å². The van der Waals surface area contributed by atoms with Gasteiger partial charge < -0.3 is 15.7 Å². The van der Waals surface area contributed by atoms with Crippen molar-refractivity contribution in [2.24, 2.45) is 5.92 Å². The third-order valence-electron chi connectivity index (χ3n) is 4.14. The van der Waals surface area contributed by atoms with Crippen LogP contribution in [0.2, 0.25) is 0 Å². The van der Waals surface area contributed by atoms with Gasteiger partial charge in [-0.3, -0.25) is 9.59 Å². The van der Waals surface area contributed by atoms with Crippen LogP contribution in [-0.2, 0) is 9.59 Å². The molecule has 0 fully saturated rings. The first kappa shape index (κ1) is 20.9. The van der Waals surface area contributed by atoms with Gasteiger partial charge >= 0.3 is 5.97 Å². The van der Waals surface area contributed by atoms with Crippen LogP contribution in [-0.4, -0.2) is 28.9 Å². The SMILES string of the molecule is Cc1ccc(C(=O)N/C(=C/c2ccccc2)C(=O)N[C@H](C(=O)O)C(C)C)cc1. The molecule has 1 atom stereocenters. The van der Waals surface area contributed by atoms with Crippen LogP contribution in [0.4, 0.5) is 0 Å². The quantitative estimate of drug-likeness (QED) is 0.644. The summed E-state index contributed by atoms with van der Waals surface area (Å²) in [6.45, 7) is 5.31.